The van der Waals surface area contributed by atoms with Crippen LogP contribution < -0.4 is 0 Å². The summed E-state index contributed by atoms with van der Waals surface area (Å²) in [7, 11) is 0. The average molecular weight is 433 g/mol. The van der Waals surface area contributed by atoms with Crippen molar-refractivity contribution in [2.45, 2.75) is 6.54 Å². The summed E-state index contributed by atoms with van der Waals surface area (Å²) >= 11 is 3.51. The van der Waals surface area contributed by atoms with E-state index in [2.05, 4.69) is 41.4 Å². The molecule has 3 heterocycles. The second kappa shape index (κ2) is 6.97. The molecule has 0 saturated heterocycles. The lowest BCUT2D eigenvalue weighted by molar-refractivity contribution is 0.432. The third-order valence-corrected chi connectivity index (χ3v) is 5.03. The molecule has 0 aliphatic rings. The van der Waals surface area contributed by atoms with Crippen molar-refractivity contribution < 1.29 is 4.52 Å². The first-order valence-electron chi connectivity index (χ1n) is 8.60. The Morgan fingerprint density at radius 3 is 2.75 bits per heavy atom. The quantitative estimate of drug-likeness (QED) is 0.419. The highest BCUT2D eigenvalue weighted by atomic mass is 79.9. The predicted octanol–water partition coefficient (Wildman–Crippen LogP) is 4.35. The van der Waals surface area contributed by atoms with Crippen LogP contribution >= 0.6 is 15.9 Å². The van der Waals surface area contributed by atoms with Crippen LogP contribution in [0.4, 0.5) is 0 Å². The molecule has 28 heavy (non-hydrogen) atoms. The highest BCUT2D eigenvalue weighted by Crippen LogP contribution is 2.29. The molecule has 3 aromatic heterocycles. The molecule has 0 radical (unpaired) electrons. The maximum Gasteiger partial charge on any atom is 0.259 e. The molecule has 0 N–H and O–H groups in total. The van der Waals surface area contributed by atoms with Gasteiger partial charge in [-0.25, -0.2) is 4.68 Å². The van der Waals surface area contributed by atoms with E-state index in [0.717, 1.165) is 32.3 Å². The Kier molecular flexibility index (Phi) is 4.17. The second-order valence-electron chi connectivity index (χ2n) is 6.17. The lowest BCUT2D eigenvalue weighted by atomic mass is 10.2. The summed E-state index contributed by atoms with van der Waals surface area (Å²) in [4.78, 5) is 8.86. The lowest BCUT2D eigenvalue weighted by Gasteiger charge is -2.01. The van der Waals surface area contributed by atoms with E-state index in [1.165, 1.54) is 0 Å². The fourth-order valence-corrected chi connectivity index (χ4v) is 3.41. The van der Waals surface area contributed by atoms with Gasteiger partial charge in [0, 0.05) is 16.2 Å². The molecule has 5 aromatic rings. The van der Waals surface area contributed by atoms with E-state index in [-0.39, 0.29) is 0 Å². The van der Waals surface area contributed by atoms with Crippen LogP contribution in [0.1, 0.15) is 5.69 Å². The molecule has 0 atom stereocenters. The topological polar surface area (TPSA) is 82.5 Å². The van der Waals surface area contributed by atoms with E-state index in [9.17, 15) is 0 Å². The van der Waals surface area contributed by atoms with E-state index in [0.29, 0.717) is 18.3 Å². The molecule has 0 spiro atoms. The van der Waals surface area contributed by atoms with Crippen LogP contribution in [-0.4, -0.2) is 30.1 Å². The van der Waals surface area contributed by atoms with Gasteiger partial charge in [0.1, 0.15) is 5.52 Å². The van der Waals surface area contributed by atoms with Gasteiger partial charge in [-0.1, -0.05) is 28.6 Å². The van der Waals surface area contributed by atoms with E-state index in [4.69, 9.17) is 4.52 Å². The van der Waals surface area contributed by atoms with Crippen molar-refractivity contribution >= 4 is 27.0 Å². The van der Waals surface area contributed by atoms with E-state index in [1.807, 2.05) is 65.3 Å². The van der Waals surface area contributed by atoms with Crippen LogP contribution in [0.25, 0.3) is 33.9 Å². The maximum atomic E-state index is 5.44. The largest absolute Gasteiger partial charge is 0.334 e. The Labute approximate surface area is 168 Å². The number of halogens is 1. The zero-order chi connectivity index (χ0) is 18.9. The van der Waals surface area contributed by atoms with Gasteiger partial charge in [-0.05, 0) is 58.4 Å². The van der Waals surface area contributed by atoms with Crippen LogP contribution in [0.5, 0.6) is 0 Å². The smallest absolute Gasteiger partial charge is 0.259 e. The van der Waals surface area contributed by atoms with Crippen LogP contribution in [-0.2, 0) is 6.54 Å². The van der Waals surface area contributed by atoms with Gasteiger partial charge in [0.15, 0.2) is 0 Å². The van der Waals surface area contributed by atoms with Gasteiger partial charge in [-0.2, -0.15) is 4.98 Å². The van der Waals surface area contributed by atoms with E-state index < -0.39 is 0 Å². The molecule has 0 unspecified atom stereocenters. The molecule has 136 valence electrons. The Hall–Kier alpha value is -3.39. The minimum Gasteiger partial charge on any atom is -0.334 e. The molecule has 0 aliphatic carbocycles. The van der Waals surface area contributed by atoms with E-state index >= 15 is 0 Å². The molecule has 0 saturated carbocycles. The summed E-state index contributed by atoms with van der Waals surface area (Å²) in [6.45, 7) is 0.561. The van der Waals surface area contributed by atoms with Crippen molar-refractivity contribution in [1.29, 1.82) is 0 Å². The lowest BCUT2D eigenvalue weighted by Crippen LogP contribution is -2.03. The minimum absolute atomic E-state index is 0.460. The van der Waals surface area contributed by atoms with Crippen molar-refractivity contribution in [3.63, 3.8) is 0 Å². The van der Waals surface area contributed by atoms with Gasteiger partial charge in [-0.3, -0.25) is 4.98 Å². The Morgan fingerprint density at radius 2 is 1.89 bits per heavy atom. The fraction of sp³-hybridized carbons (Fsp3) is 0.0500. The van der Waals surface area contributed by atoms with Crippen LogP contribution in [0.15, 0.2) is 75.9 Å². The van der Waals surface area contributed by atoms with Crippen LogP contribution in [0.2, 0.25) is 0 Å². The second-order valence-corrected chi connectivity index (χ2v) is 7.03. The maximum absolute atomic E-state index is 5.44. The molecular formula is C20H13BrN6O. The van der Waals surface area contributed by atoms with Gasteiger partial charge in [0.2, 0.25) is 5.82 Å². The van der Waals surface area contributed by atoms with Gasteiger partial charge >= 0.3 is 0 Å². The Balaban J connectivity index is 1.47. The molecule has 0 fully saturated rings. The van der Waals surface area contributed by atoms with Crippen molar-refractivity contribution in [2.75, 3.05) is 0 Å². The summed E-state index contributed by atoms with van der Waals surface area (Å²) in [5.41, 5.74) is 4.28. The van der Waals surface area contributed by atoms with Gasteiger partial charge in [0.25, 0.3) is 5.89 Å². The highest BCUT2D eigenvalue weighted by Gasteiger charge is 2.14. The monoisotopic (exact) mass is 432 g/mol. The van der Waals surface area contributed by atoms with Crippen LogP contribution in [0.3, 0.4) is 0 Å². The number of fused-ring (bicyclic) bond motifs is 1. The summed E-state index contributed by atoms with van der Waals surface area (Å²) in [6.07, 6.45) is 1.77. The molecule has 5 rings (SSSR count). The SMILES string of the molecule is Brc1ccccc1-c1nc(-c2ccc3c(c2)nnn3Cc2ccccn2)no1. The Bertz CT molecular complexity index is 1260. The van der Waals surface area contributed by atoms with Crippen molar-refractivity contribution in [2.24, 2.45) is 0 Å². The molecule has 0 amide bonds. The number of rotatable bonds is 4. The highest BCUT2D eigenvalue weighted by molar-refractivity contribution is 9.10. The number of nitrogens with zero attached hydrogens (tertiary/aromatic N) is 6. The molecule has 0 bridgehead atoms. The van der Waals surface area contributed by atoms with E-state index in [1.54, 1.807) is 6.20 Å². The number of benzene rings is 2. The van der Waals surface area contributed by atoms with Crippen molar-refractivity contribution in [1.82, 2.24) is 30.1 Å². The van der Waals surface area contributed by atoms with Crippen LogP contribution in [0, 0.1) is 0 Å². The zero-order valence-corrected chi connectivity index (χ0v) is 16.1. The van der Waals surface area contributed by atoms with Gasteiger partial charge in [-0.15, -0.1) is 5.10 Å². The summed E-state index contributed by atoms with van der Waals surface area (Å²) in [5.74, 6) is 0.966. The third kappa shape index (κ3) is 3.07. The summed E-state index contributed by atoms with van der Waals surface area (Å²) in [6, 6.07) is 19.3. The molecule has 0 aliphatic heterocycles. The first-order valence-corrected chi connectivity index (χ1v) is 9.39. The number of hydrogen-bond donors (Lipinski definition) is 0. The van der Waals surface area contributed by atoms with Crippen molar-refractivity contribution in [3.05, 3.63) is 77.0 Å². The standard InChI is InChI=1S/C20H13BrN6O/c21-16-7-2-1-6-15(16)20-23-19(25-28-20)13-8-9-18-17(11-13)24-26-27(18)12-14-5-3-4-10-22-14/h1-11H,12H2. The first-order chi connectivity index (χ1) is 13.8. The first kappa shape index (κ1) is 16.8. The normalized spacial score (nSPS) is 11.2. The molecule has 7 nitrogen and oxygen atoms in total. The van der Waals surface area contributed by atoms with Gasteiger partial charge in [0.05, 0.1) is 23.3 Å². The molecule has 2 aromatic carbocycles. The third-order valence-electron chi connectivity index (χ3n) is 4.34. The zero-order valence-electron chi connectivity index (χ0n) is 14.5. The predicted molar refractivity (Wildman–Crippen MR) is 107 cm³/mol. The number of aromatic nitrogens is 6. The fourth-order valence-electron chi connectivity index (χ4n) is 2.96. The summed E-state index contributed by atoms with van der Waals surface area (Å²) in [5, 5.41) is 12.6. The van der Waals surface area contributed by atoms with Gasteiger partial charge < -0.3 is 4.52 Å². The Morgan fingerprint density at radius 1 is 1.00 bits per heavy atom. The average Bonchev–Trinajstić information content (AvgIpc) is 3.37. The molecule has 8 heteroatoms. The number of hydrogen-bond acceptors (Lipinski definition) is 6. The molecular weight excluding hydrogens is 420 g/mol. The number of pyridine rings is 1. The van der Waals surface area contributed by atoms with Crippen molar-refractivity contribution in [3.8, 4) is 22.8 Å². The minimum atomic E-state index is 0.460. The summed E-state index contributed by atoms with van der Waals surface area (Å²) < 4.78 is 8.17.